The molecule has 21 heavy (non-hydrogen) atoms. The van der Waals surface area contributed by atoms with Crippen molar-refractivity contribution < 1.29 is 4.39 Å². The van der Waals surface area contributed by atoms with Crippen LogP contribution in [0.15, 0.2) is 53.4 Å². The van der Waals surface area contributed by atoms with E-state index in [9.17, 15) is 4.39 Å². The van der Waals surface area contributed by atoms with Crippen LogP contribution in [0.4, 0.5) is 10.1 Å². The molecule has 4 heteroatoms. The standard InChI is InChI=1S/C17H15FN2S/c1-11-8-12(14-4-2-3-5-16(14)20-11)10-21-17-9-13(18)6-7-15(17)19/h2-9H,10,19H2,1H3. The molecule has 3 rings (SSSR count). The molecule has 3 aromatic rings. The summed E-state index contributed by atoms with van der Waals surface area (Å²) in [7, 11) is 0. The first-order valence-electron chi connectivity index (χ1n) is 6.66. The van der Waals surface area contributed by atoms with Crippen molar-refractivity contribution in [1.29, 1.82) is 0 Å². The first-order valence-corrected chi connectivity index (χ1v) is 7.65. The smallest absolute Gasteiger partial charge is 0.124 e. The van der Waals surface area contributed by atoms with Crippen LogP contribution in [0.5, 0.6) is 0 Å². The molecule has 0 saturated carbocycles. The number of benzene rings is 2. The molecule has 0 aliphatic carbocycles. The number of nitrogens with two attached hydrogens (primary N) is 1. The molecule has 2 aromatic carbocycles. The number of thioether (sulfide) groups is 1. The fourth-order valence-electron chi connectivity index (χ4n) is 2.30. The van der Waals surface area contributed by atoms with E-state index in [0.29, 0.717) is 5.69 Å². The molecule has 1 aromatic heterocycles. The average Bonchev–Trinajstić information content (AvgIpc) is 2.47. The van der Waals surface area contributed by atoms with E-state index in [4.69, 9.17) is 5.73 Å². The van der Waals surface area contributed by atoms with Gasteiger partial charge in [0.25, 0.3) is 0 Å². The van der Waals surface area contributed by atoms with Gasteiger partial charge in [0.15, 0.2) is 0 Å². The van der Waals surface area contributed by atoms with Crippen LogP contribution in [-0.2, 0) is 5.75 Å². The van der Waals surface area contributed by atoms with Gasteiger partial charge in [-0.05, 0) is 42.8 Å². The number of nitrogens with zero attached hydrogens (tertiary/aromatic N) is 1. The van der Waals surface area contributed by atoms with E-state index < -0.39 is 0 Å². The molecule has 0 atom stereocenters. The maximum Gasteiger partial charge on any atom is 0.124 e. The zero-order valence-corrected chi connectivity index (χ0v) is 12.5. The molecule has 0 spiro atoms. The number of hydrogen-bond acceptors (Lipinski definition) is 3. The molecule has 1 heterocycles. The lowest BCUT2D eigenvalue weighted by Crippen LogP contribution is -1.93. The summed E-state index contributed by atoms with van der Waals surface area (Å²) in [6.07, 6.45) is 0. The molecule has 2 N–H and O–H groups in total. The summed E-state index contributed by atoms with van der Waals surface area (Å²) < 4.78 is 13.3. The van der Waals surface area contributed by atoms with Crippen LogP contribution in [0, 0.1) is 12.7 Å². The van der Waals surface area contributed by atoms with Crippen LogP contribution >= 0.6 is 11.8 Å². The van der Waals surface area contributed by atoms with Gasteiger partial charge in [0.2, 0.25) is 0 Å². The molecule has 106 valence electrons. The largest absolute Gasteiger partial charge is 0.398 e. The van der Waals surface area contributed by atoms with Gasteiger partial charge in [0, 0.05) is 27.4 Å². The summed E-state index contributed by atoms with van der Waals surface area (Å²) in [5.74, 6) is 0.472. The minimum atomic E-state index is -0.262. The van der Waals surface area contributed by atoms with Gasteiger partial charge in [-0.3, -0.25) is 4.98 Å². The van der Waals surface area contributed by atoms with Crippen molar-refractivity contribution in [2.24, 2.45) is 0 Å². The predicted octanol–water partition coefficient (Wildman–Crippen LogP) is 4.56. The van der Waals surface area contributed by atoms with E-state index in [2.05, 4.69) is 17.1 Å². The SMILES string of the molecule is Cc1cc(CSc2cc(F)ccc2N)c2ccccc2n1. The molecule has 0 unspecified atom stereocenters. The van der Waals surface area contributed by atoms with E-state index in [1.165, 1.54) is 17.7 Å². The Kier molecular flexibility index (Phi) is 3.80. The molecule has 0 amide bonds. The first kappa shape index (κ1) is 13.9. The molecule has 0 bridgehead atoms. The zero-order valence-electron chi connectivity index (χ0n) is 11.6. The Morgan fingerprint density at radius 3 is 2.81 bits per heavy atom. The van der Waals surface area contributed by atoms with E-state index in [1.807, 2.05) is 25.1 Å². The molecule has 2 nitrogen and oxygen atoms in total. The van der Waals surface area contributed by atoms with E-state index >= 15 is 0 Å². The van der Waals surface area contributed by atoms with Crippen molar-refractivity contribution in [3.8, 4) is 0 Å². The van der Waals surface area contributed by atoms with Crippen LogP contribution in [-0.4, -0.2) is 4.98 Å². The normalized spacial score (nSPS) is 11.0. The van der Waals surface area contributed by atoms with Crippen molar-refractivity contribution in [2.75, 3.05) is 5.73 Å². The number of rotatable bonds is 3. The predicted molar refractivity (Wildman–Crippen MR) is 86.9 cm³/mol. The summed E-state index contributed by atoms with van der Waals surface area (Å²) >= 11 is 1.55. The highest BCUT2D eigenvalue weighted by molar-refractivity contribution is 7.98. The second kappa shape index (κ2) is 5.74. The van der Waals surface area contributed by atoms with Crippen molar-refractivity contribution >= 4 is 28.4 Å². The molecule has 0 radical (unpaired) electrons. The number of aryl methyl sites for hydroxylation is 1. The Labute approximate surface area is 127 Å². The number of hydrogen-bond donors (Lipinski definition) is 1. The Morgan fingerprint density at radius 2 is 1.95 bits per heavy atom. The Bertz CT molecular complexity index is 802. The van der Waals surface area contributed by atoms with Crippen LogP contribution < -0.4 is 5.73 Å². The van der Waals surface area contributed by atoms with E-state index in [1.54, 1.807) is 17.8 Å². The molecule has 0 saturated heterocycles. The van der Waals surface area contributed by atoms with Crippen molar-refractivity contribution in [1.82, 2.24) is 4.98 Å². The third-order valence-corrected chi connectivity index (χ3v) is 4.41. The fourth-order valence-corrected chi connectivity index (χ4v) is 3.28. The second-order valence-electron chi connectivity index (χ2n) is 4.91. The third-order valence-electron chi connectivity index (χ3n) is 3.29. The molecular weight excluding hydrogens is 283 g/mol. The summed E-state index contributed by atoms with van der Waals surface area (Å²) in [5.41, 5.74) is 9.66. The van der Waals surface area contributed by atoms with Gasteiger partial charge in [-0.2, -0.15) is 0 Å². The summed E-state index contributed by atoms with van der Waals surface area (Å²) in [6.45, 7) is 1.98. The van der Waals surface area contributed by atoms with Gasteiger partial charge in [-0.15, -0.1) is 11.8 Å². The number of anilines is 1. The number of fused-ring (bicyclic) bond motifs is 1. The van der Waals surface area contributed by atoms with Crippen LogP contribution in [0.2, 0.25) is 0 Å². The van der Waals surface area contributed by atoms with Crippen molar-refractivity contribution in [3.05, 3.63) is 65.6 Å². The monoisotopic (exact) mass is 298 g/mol. The second-order valence-corrected chi connectivity index (χ2v) is 5.93. The summed E-state index contributed by atoms with van der Waals surface area (Å²) in [4.78, 5) is 5.30. The quantitative estimate of drug-likeness (QED) is 0.569. The molecule has 0 fully saturated rings. The average molecular weight is 298 g/mol. The first-order chi connectivity index (χ1) is 10.1. The number of aromatic nitrogens is 1. The van der Waals surface area contributed by atoms with Crippen LogP contribution in [0.3, 0.4) is 0 Å². The van der Waals surface area contributed by atoms with Gasteiger partial charge in [-0.25, -0.2) is 4.39 Å². The van der Waals surface area contributed by atoms with Gasteiger partial charge in [0.05, 0.1) is 5.52 Å². The minimum absolute atomic E-state index is 0.262. The fraction of sp³-hybridized carbons (Fsp3) is 0.118. The van der Waals surface area contributed by atoms with E-state index in [0.717, 1.165) is 27.2 Å². The number of para-hydroxylation sites is 1. The Hall–Kier alpha value is -2.07. The highest BCUT2D eigenvalue weighted by atomic mass is 32.2. The third kappa shape index (κ3) is 3.00. The lowest BCUT2D eigenvalue weighted by atomic mass is 10.1. The lowest BCUT2D eigenvalue weighted by molar-refractivity contribution is 0.624. The Morgan fingerprint density at radius 1 is 1.14 bits per heavy atom. The molecule has 0 aliphatic heterocycles. The summed E-state index contributed by atoms with van der Waals surface area (Å²) in [6, 6.07) is 14.6. The zero-order chi connectivity index (χ0) is 14.8. The number of nitrogen functional groups attached to an aromatic ring is 1. The summed E-state index contributed by atoms with van der Waals surface area (Å²) in [5, 5.41) is 1.13. The van der Waals surface area contributed by atoms with Crippen LogP contribution in [0.1, 0.15) is 11.3 Å². The van der Waals surface area contributed by atoms with Crippen LogP contribution in [0.25, 0.3) is 10.9 Å². The lowest BCUT2D eigenvalue weighted by Gasteiger charge is -2.09. The Balaban J connectivity index is 1.93. The van der Waals surface area contributed by atoms with Gasteiger partial charge in [0.1, 0.15) is 5.82 Å². The maximum absolute atomic E-state index is 13.3. The molecular formula is C17H15FN2S. The minimum Gasteiger partial charge on any atom is -0.398 e. The van der Waals surface area contributed by atoms with Gasteiger partial charge in [-0.1, -0.05) is 18.2 Å². The number of halogens is 1. The van der Waals surface area contributed by atoms with Gasteiger partial charge >= 0.3 is 0 Å². The van der Waals surface area contributed by atoms with Crippen molar-refractivity contribution in [3.63, 3.8) is 0 Å². The highest BCUT2D eigenvalue weighted by Crippen LogP contribution is 2.31. The van der Waals surface area contributed by atoms with Gasteiger partial charge < -0.3 is 5.73 Å². The number of pyridine rings is 1. The highest BCUT2D eigenvalue weighted by Gasteiger charge is 2.07. The molecule has 0 aliphatic rings. The maximum atomic E-state index is 13.3. The van der Waals surface area contributed by atoms with E-state index in [-0.39, 0.29) is 5.82 Å². The van der Waals surface area contributed by atoms with Crippen molar-refractivity contribution in [2.45, 2.75) is 17.6 Å². The topological polar surface area (TPSA) is 38.9 Å².